The van der Waals surface area contributed by atoms with Gasteiger partial charge in [-0.15, -0.1) is 0 Å². The maximum atomic E-state index is 12.5. The van der Waals surface area contributed by atoms with Gasteiger partial charge in [0.1, 0.15) is 22.7 Å². The number of ether oxygens (including phenoxy) is 2. The highest BCUT2D eigenvalue weighted by molar-refractivity contribution is 5.96. The fourth-order valence-electron chi connectivity index (χ4n) is 2.62. The van der Waals surface area contributed by atoms with E-state index in [1.807, 2.05) is 18.2 Å². The number of nitrogens with zero attached hydrogens (tertiary/aromatic N) is 1. The predicted molar refractivity (Wildman–Crippen MR) is 88.6 cm³/mol. The number of pyridine rings is 1. The van der Waals surface area contributed by atoms with Gasteiger partial charge in [0.05, 0.1) is 0 Å². The van der Waals surface area contributed by atoms with E-state index in [9.17, 15) is 14.7 Å². The first-order valence-corrected chi connectivity index (χ1v) is 7.92. The van der Waals surface area contributed by atoms with Gasteiger partial charge in [-0.2, -0.15) is 0 Å². The maximum Gasteiger partial charge on any atom is 0.329 e. The number of amides is 1. The van der Waals surface area contributed by atoms with Crippen molar-refractivity contribution in [2.45, 2.75) is 18.4 Å². The summed E-state index contributed by atoms with van der Waals surface area (Å²) in [6.45, 7) is 0.578. The van der Waals surface area contributed by atoms with Crippen molar-refractivity contribution >= 4 is 11.9 Å². The van der Waals surface area contributed by atoms with Gasteiger partial charge in [-0.3, -0.25) is 9.78 Å². The molecule has 1 fully saturated rings. The van der Waals surface area contributed by atoms with Crippen LogP contribution in [0.4, 0.5) is 0 Å². The molecule has 7 nitrogen and oxygen atoms in total. The van der Waals surface area contributed by atoms with Crippen LogP contribution in [0.1, 0.15) is 23.3 Å². The van der Waals surface area contributed by atoms with Gasteiger partial charge in [0.15, 0.2) is 0 Å². The zero-order valence-corrected chi connectivity index (χ0v) is 13.5. The van der Waals surface area contributed by atoms with E-state index >= 15 is 0 Å². The van der Waals surface area contributed by atoms with Crippen LogP contribution in [0.2, 0.25) is 0 Å². The number of carbonyl (C=O) groups excluding carboxylic acids is 1. The number of carboxylic acid groups (broad SMARTS) is 1. The summed E-state index contributed by atoms with van der Waals surface area (Å²) in [7, 11) is 0. The number of aliphatic carboxylic acids is 1. The summed E-state index contributed by atoms with van der Waals surface area (Å²) in [5.41, 5.74) is -1.23. The van der Waals surface area contributed by atoms with Crippen LogP contribution in [0.25, 0.3) is 0 Å². The van der Waals surface area contributed by atoms with Crippen molar-refractivity contribution in [1.82, 2.24) is 10.3 Å². The lowest BCUT2D eigenvalue weighted by atomic mass is 9.90. The Labute approximate surface area is 144 Å². The molecule has 3 rings (SSSR count). The number of para-hydroxylation sites is 1. The quantitative estimate of drug-likeness (QED) is 0.865. The molecule has 1 aliphatic rings. The highest BCUT2D eigenvalue weighted by atomic mass is 16.5. The second kappa shape index (κ2) is 7.31. The monoisotopic (exact) mass is 342 g/mol. The van der Waals surface area contributed by atoms with Gasteiger partial charge in [0.2, 0.25) is 0 Å². The molecular formula is C18H18N2O5. The first-order valence-electron chi connectivity index (χ1n) is 7.92. The maximum absolute atomic E-state index is 12.5. The van der Waals surface area contributed by atoms with Crippen LogP contribution < -0.4 is 10.1 Å². The number of nitrogens with one attached hydrogen (secondary N) is 1. The SMILES string of the molecule is O=C(NC1(C(=O)O)CCOCC1)c1cc(Oc2ccccc2)ccn1. The number of aromatic nitrogens is 1. The average molecular weight is 342 g/mol. The first-order chi connectivity index (χ1) is 12.1. The lowest BCUT2D eigenvalue weighted by Gasteiger charge is -2.33. The highest BCUT2D eigenvalue weighted by Crippen LogP contribution is 2.23. The summed E-state index contributed by atoms with van der Waals surface area (Å²) in [5, 5.41) is 12.1. The Bertz CT molecular complexity index is 757. The van der Waals surface area contributed by atoms with Crippen molar-refractivity contribution < 1.29 is 24.2 Å². The number of rotatable bonds is 5. The molecule has 1 aromatic heterocycles. The van der Waals surface area contributed by atoms with E-state index < -0.39 is 17.4 Å². The third kappa shape index (κ3) is 3.95. The molecule has 2 heterocycles. The minimum Gasteiger partial charge on any atom is -0.480 e. The second-order valence-corrected chi connectivity index (χ2v) is 5.75. The number of carbonyl (C=O) groups is 2. The molecule has 0 unspecified atom stereocenters. The molecule has 2 aromatic rings. The minimum absolute atomic E-state index is 0.0977. The Balaban J connectivity index is 1.76. The second-order valence-electron chi connectivity index (χ2n) is 5.75. The lowest BCUT2D eigenvalue weighted by Crippen LogP contribution is -2.57. The van der Waals surface area contributed by atoms with Gasteiger partial charge in [0, 0.05) is 38.3 Å². The number of hydrogen-bond donors (Lipinski definition) is 2. The van der Waals surface area contributed by atoms with Crippen LogP contribution in [0, 0.1) is 0 Å². The molecule has 1 aromatic carbocycles. The van der Waals surface area contributed by atoms with Crippen molar-refractivity contribution in [3.05, 3.63) is 54.4 Å². The standard InChI is InChI=1S/C18H18N2O5/c21-16(20-18(17(22)23)7-10-24-11-8-18)15-12-14(6-9-19-15)25-13-4-2-1-3-5-13/h1-6,9,12H,7-8,10-11H2,(H,20,21)(H,22,23). The van der Waals surface area contributed by atoms with Crippen molar-refractivity contribution in [2.75, 3.05) is 13.2 Å². The van der Waals surface area contributed by atoms with Crippen LogP contribution in [0.15, 0.2) is 48.7 Å². The molecule has 0 atom stereocenters. The number of benzene rings is 1. The molecule has 0 aliphatic carbocycles. The highest BCUT2D eigenvalue weighted by Gasteiger charge is 2.42. The van der Waals surface area contributed by atoms with E-state index in [1.54, 1.807) is 18.2 Å². The molecule has 7 heteroatoms. The van der Waals surface area contributed by atoms with E-state index in [1.165, 1.54) is 12.3 Å². The summed E-state index contributed by atoms with van der Waals surface area (Å²) in [6.07, 6.45) is 1.88. The Morgan fingerprint density at radius 3 is 2.52 bits per heavy atom. The van der Waals surface area contributed by atoms with Crippen molar-refractivity contribution in [3.8, 4) is 11.5 Å². The summed E-state index contributed by atoms with van der Waals surface area (Å²) in [5.74, 6) is -0.544. The van der Waals surface area contributed by atoms with Crippen molar-refractivity contribution in [1.29, 1.82) is 0 Å². The normalized spacial score (nSPS) is 16.0. The van der Waals surface area contributed by atoms with Gasteiger partial charge < -0.3 is 19.9 Å². The Morgan fingerprint density at radius 1 is 1.12 bits per heavy atom. The molecular weight excluding hydrogens is 324 g/mol. The Hall–Kier alpha value is -2.93. The number of carboxylic acids is 1. The smallest absolute Gasteiger partial charge is 0.329 e. The zero-order valence-electron chi connectivity index (χ0n) is 13.5. The summed E-state index contributed by atoms with van der Waals surface area (Å²) >= 11 is 0. The third-order valence-corrected chi connectivity index (χ3v) is 4.05. The van der Waals surface area contributed by atoms with Gasteiger partial charge >= 0.3 is 5.97 Å². The van der Waals surface area contributed by atoms with E-state index in [-0.39, 0.29) is 31.7 Å². The molecule has 25 heavy (non-hydrogen) atoms. The van der Waals surface area contributed by atoms with Gasteiger partial charge in [-0.1, -0.05) is 18.2 Å². The van der Waals surface area contributed by atoms with E-state index in [0.29, 0.717) is 11.5 Å². The van der Waals surface area contributed by atoms with Gasteiger partial charge in [-0.25, -0.2) is 4.79 Å². The van der Waals surface area contributed by atoms with E-state index in [4.69, 9.17) is 9.47 Å². The van der Waals surface area contributed by atoms with Crippen molar-refractivity contribution in [2.24, 2.45) is 0 Å². The van der Waals surface area contributed by atoms with Crippen LogP contribution in [-0.2, 0) is 9.53 Å². The summed E-state index contributed by atoms with van der Waals surface area (Å²) in [4.78, 5) is 28.2. The Kier molecular flexibility index (Phi) is 4.95. The van der Waals surface area contributed by atoms with Gasteiger partial charge in [-0.05, 0) is 18.2 Å². The van der Waals surface area contributed by atoms with Crippen LogP contribution in [0.5, 0.6) is 11.5 Å². The molecule has 130 valence electrons. The minimum atomic E-state index is -1.33. The topological polar surface area (TPSA) is 97.8 Å². The molecule has 1 aliphatic heterocycles. The first kappa shape index (κ1) is 16.9. The largest absolute Gasteiger partial charge is 0.480 e. The summed E-state index contributed by atoms with van der Waals surface area (Å²) in [6, 6.07) is 12.3. The van der Waals surface area contributed by atoms with Gasteiger partial charge in [0.25, 0.3) is 5.91 Å². The Morgan fingerprint density at radius 2 is 1.84 bits per heavy atom. The van der Waals surface area contributed by atoms with E-state index in [2.05, 4.69) is 10.3 Å². The molecule has 0 saturated carbocycles. The fraction of sp³-hybridized carbons (Fsp3) is 0.278. The predicted octanol–water partition coefficient (Wildman–Crippen LogP) is 2.24. The zero-order chi connectivity index (χ0) is 17.7. The van der Waals surface area contributed by atoms with Crippen LogP contribution in [0.3, 0.4) is 0 Å². The lowest BCUT2D eigenvalue weighted by molar-refractivity contribution is -0.148. The van der Waals surface area contributed by atoms with Crippen LogP contribution in [-0.4, -0.2) is 40.7 Å². The van der Waals surface area contributed by atoms with E-state index in [0.717, 1.165) is 0 Å². The number of hydrogen-bond acceptors (Lipinski definition) is 5. The van der Waals surface area contributed by atoms with Crippen molar-refractivity contribution in [3.63, 3.8) is 0 Å². The molecule has 1 amide bonds. The molecule has 2 N–H and O–H groups in total. The molecule has 1 saturated heterocycles. The summed E-state index contributed by atoms with van der Waals surface area (Å²) < 4.78 is 10.9. The average Bonchev–Trinajstić information content (AvgIpc) is 2.63. The van der Waals surface area contributed by atoms with Crippen LogP contribution >= 0.6 is 0 Å². The molecule has 0 spiro atoms. The molecule has 0 bridgehead atoms. The fourth-order valence-corrected chi connectivity index (χ4v) is 2.62. The third-order valence-electron chi connectivity index (χ3n) is 4.05. The molecule has 0 radical (unpaired) electrons.